The number of rotatable bonds is 7. The summed E-state index contributed by atoms with van der Waals surface area (Å²) in [5.41, 5.74) is 2.31. The number of nitrogens with zero attached hydrogens (tertiary/aromatic N) is 3. The molecule has 0 spiro atoms. The van der Waals surface area contributed by atoms with E-state index in [4.69, 9.17) is 4.74 Å². The van der Waals surface area contributed by atoms with Crippen LogP contribution in [0.5, 0.6) is 0 Å². The molecule has 1 aromatic heterocycles. The highest BCUT2D eigenvalue weighted by molar-refractivity contribution is 5.91. The molecular weight excluding hydrogens is 318 g/mol. The average Bonchev–Trinajstić information content (AvgIpc) is 2.60. The van der Waals surface area contributed by atoms with Gasteiger partial charge in [0.1, 0.15) is 5.69 Å². The van der Waals surface area contributed by atoms with Crippen molar-refractivity contribution in [3.8, 4) is 0 Å². The number of aromatic nitrogens is 2. The summed E-state index contributed by atoms with van der Waals surface area (Å²) in [7, 11) is 3.28. The Hall–Kier alpha value is -2.47. The normalized spacial score (nSPS) is 10.9. The van der Waals surface area contributed by atoms with Gasteiger partial charge in [0.2, 0.25) is 0 Å². The highest BCUT2D eigenvalue weighted by atomic mass is 16.5. The summed E-state index contributed by atoms with van der Waals surface area (Å²) in [5, 5.41) is 4.14. The van der Waals surface area contributed by atoms with Crippen LogP contribution in [0.15, 0.2) is 41.2 Å². The molecule has 0 aliphatic rings. The van der Waals surface area contributed by atoms with Gasteiger partial charge in [-0.1, -0.05) is 38.1 Å². The first-order valence-electron chi connectivity index (χ1n) is 8.33. The Morgan fingerprint density at radius 1 is 1.20 bits per heavy atom. The van der Waals surface area contributed by atoms with Crippen LogP contribution in [0.1, 0.15) is 41.4 Å². The summed E-state index contributed by atoms with van der Waals surface area (Å²) in [6, 6.07) is 11.1. The molecule has 0 atom stereocenters. The zero-order valence-corrected chi connectivity index (χ0v) is 15.2. The van der Waals surface area contributed by atoms with Crippen molar-refractivity contribution in [3.05, 3.63) is 63.6 Å². The summed E-state index contributed by atoms with van der Waals surface area (Å²) in [6.07, 6.45) is 0. The Morgan fingerprint density at radius 2 is 1.88 bits per heavy atom. The summed E-state index contributed by atoms with van der Waals surface area (Å²) >= 11 is 0. The van der Waals surface area contributed by atoms with Gasteiger partial charge in [-0.25, -0.2) is 4.68 Å². The molecule has 1 aromatic carbocycles. The largest absolute Gasteiger partial charge is 0.383 e. The minimum atomic E-state index is -0.250. The van der Waals surface area contributed by atoms with E-state index in [1.54, 1.807) is 19.1 Å². The Kier molecular flexibility index (Phi) is 6.47. The number of amides is 1. The van der Waals surface area contributed by atoms with E-state index in [2.05, 4.69) is 31.1 Å². The molecular formula is C19H25N3O3. The molecule has 2 rings (SSSR count). The lowest BCUT2D eigenvalue weighted by atomic mass is 10.0. The van der Waals surface area contributed by atoms with Gasteiger partial charge in [0.25, 0.3) is 11.5 Å². The second kappa shape index (κ2) is 8.58. The summed E-state index contributed by atoms with van der Waals surface area (Å²) in [6.45, 7) is 5.46. The van der Waals surface area contributed by atoms with Gasteiger partial charge >= 0.3 is 0 Å². The van der Waals surface area contributed by atoms with E-state index >= 15 is 0 Å². The van der Waals surface area contributed by atoms with Crippen LogP contribution in [0.3, 0.4) is 0 Å². The zero-order chi connectivity index (χ0) is 18.4. The molecule has 0 radical (unpaired) electrons. The molecule has 0 fully saturated rings. The molecule has 0 N–H and O–H groups in total. The van der Waals surface area contributed by atoms with Gasteiger partial charge < -0.3 is 9.64 Å². The zero-order valence-electron chi connectivity index (χ0n) is 15.2. The first-order valence-corrected chi connectivity index (χ1v) is 8.33. The minimum Gasteiger partial charge on any atom is -0.383 e. The van der Waals surface area contributed by atoms with Crippen molar-refractivity contribution in [2.24, 2.45) is 0 Å². The van der Waals surface area contributed by atoms with E-state index in [1.807, 2.05) is 12.1 Å². The lowest BCUT2D eigenvalue weighted by molar-refractivity contribution is 0.0775. The van der Waals surface area contributed by atoms with Gasteiger partial charge in [-0.15, -0.1) is 0 Å². The van der Waals surface area contributed by atoms with E-state index < -0.39 is 0 Å². The van der Waals surface area contributed by atoms with Gasteiger partial charge in [-0.2, -0.15) is 5.10 Å². The molecule has 0 unspecified atom stereocenters. The molecule has 1 amide bonds. The van der Waals surface area contributed by atoms with Crippen LogP contribution < -0.4 is 5.56 Å². The third-order valence-electron chi connectivity index (χ3n) is 4.01. The minimum absolute atomic E-state index is 0.223. The number of hydrogen-bond acceptors (Lipinski definition) is 4. The maximum absolute atomic E-state index is 12.6. The van der Waals surface area contributed by atoms with Crippen LogP contribution in [0, 0.1) is 0 Å². The number of ether oxygens (including phenoxy) is 1. The van der Waals surface area contributed by atoms with E-state index in [0.29, 0.717) is 25.6 Å². The predicted molar refractivity (Wildman–Crippen MR) is 96.7 cm³/mol. The van der Waals surface area contributed by atoms with Crippen molar-refractivity contribution in [1.29, 1.82) is 0 Å². The topological polar surface area (TPSA) is 64.4 Å². The van der Waals surface area contributed by atoms with E-state index in [0.717, 1.165) is 5.56 Å². The number of carbonyl (C=O) groups is 1. The molecule has 6 heteroatoms. The van der Waals surface area contributed by atoms with Crippen LogP contribution in [0.2, 0.25) is 0 Å². The van der Waals surface area contributed by atoms with Gasteiger partial charge in [-0.05, 0) is 23.1 Å². The van der Waals surface area contributed by atoms with Crippen molar-refractivity contribution < 1.29 is 9.53 Å². The van der Waals surface area contributed by atoms with Crippen LogP contribution in [0.4, 0.5) is 0 Å². The SMILES string of the molecule is COCCn1nc(C(=O)N(C)Cc2ccc(C(C)C)cc2)ccc1=O. The second-order valence-electron chi connectivity index (χ2n) is 6.33. The van der Waals surface area contributed by atoms with Gasteiger partial charge in [-0.3, -0.25) is 9.59 Å². The summed E-state index contributed by atoms with van der Waals surface area (Å²) in [5.74, 6) is 0.255. The number of carbonyl (C=O) groups excluding carboxylic acids is 1. The van der Waals surface area contributed by atoms with Crippen LogP contribution in [-0.4, -0.2) is 41.4 Å². The molecule has 0 aliphatic carbocycles. The molecule has 0 bridgehead atoms. The lowest BCUT2D eigenvalue weighted by Gasteiger charge is -2.18. The maximum atomic E-state index is 12.6. The van der Waals surface area contributed by atoms with Crippen LogP contribution >= 0.6 is 0 Å². The second-order valence-corrected chi connectivity index (χ2v) is 6.33. The fourth-order valence-corrected chi connectivity index (χ4v) is 2.45. The van der Waals surface area contributed by atoms with Crippen molar-refractivity contribution in [1.82, 2.24) is 14.7 Å². The molecule has 6 nitrogen and oxygen atoms in total. The Morgan fingerprint density at radius 3 is 2.48 bits per heavy atom. The molecule has 25 heavy (non-hydrogen) atoms. The third kappa shape index (κ3) is 5.00. The standard InChI is InChI=1S/C19H25N3O3/c1-14(2)16-7-5-15(6-8-16)13-21(3)19(24)17-9-10-18(23)22(20-17)11-12-25-4/h5-10,14H,11-13H2,1-4H3. The number of benzene rings is 1. The third-order valence-corrected chi connectivity index (χ3v) is 4.01. The smallest absolute Gasteiger partial charge is 0.274 e. The van der Waals surface area contributed by atoms with Gasteiger partial charge in [0, 0.05) is 26.8 Å². The maximum Gasteiger partial charge on any atom is 0.274 e. The molecule has 0 saturated heterocycles. The number of methoxy groups -OCH3 is 1. The molecule has 2 aromatic rings. The molecule has 1 heterocycles. The van der Waals surface area contributed by atoms with Gasteiger partial charge in [0.15, 0.2) is 0 Å². The van der Waals surface area contributed by atoms with E-state index in [9.17, 15) is 9.59 Å². The van der Waals surface area contributed by atoms with Crippen molar-refractivity contribution in [2.75, 3.05) is 20.8 Å². The lowest BCUT2D eigenvalue weighted by Crippen LogP contribution is -2.31. The van der Waals surface area contributed by atoms with Crippen LogP contribution in [-0.2, 0) is 17.8 Å². The fraction of sp³-hybridized carbons (Fsp3) is 0.421. The Labute approximate surface area is 148 Å². The number of hydrogen-bond donors (Lipinski definition) is 0. The van der Waals surface area contributed by atoms with Crippen LogP contribution in [0.25, 0.3) is 0 Å². The highest BCUT2D eigenvalue weighted by Gasteiger charge is 2.15. The van der Waals surface area contributed by atoms with E-state index in [1.165, 1.54) is 22.4 Å². The highest BCUT2D eigenvalue weighted by Crippen LogP contribution is 2.15. The van der Waals surface area contributed by atoms with Crippen molar-refractivity contribution in [2.45, 2.75) is 32.9 Å². The van der Waals surface area contributed by atoms with Crippen molar-refractivity contribution >= 4 is 5.91 Å². The molecule has 134 valence electrons. The predicted octanol–water partition coefficient (Wildman–Crippen LogP) is 2.29. The first kappa shape index (κ1) is 18.9. The molecule has 0 aliphatic heterocycles. The summed E-state index contributed by atoms with van der Waals surface area (Å²) < 4.78 is 6.21. The fourth-order valence-electron chi connectivity index (χ4n) is 2.45. The Balaban J connectivity index is 2.10. The quantitative estimate of drug-likeness (QED) is 0.774. The Bertz CT molecular complexity index is 766. The molecule has 0 saturated carbocycles. The van der Waals surface area contributed by atoms with Gasteiger partial charge in [0.05, 0.1) is 13.2 Å². The van der Waals surface area contributed by atoms with Crippen molar-refractivity contribution in [3.63, 3.8) is 0 Å². The summed E-state index contributed by atoms with van der Waals surface area (Å²) in [4.78, 5) is 25.9. The van der Waals surface area contributed by atoms with E-state index in [-0.39, 0.29) is 17.2 Å². The monoisotopic (exact) mass is 343 g/mol. The average molecular weight is 343 g/mol. The first-order chi connectivity index (χ1) is 11.9.